The zero-order valence-electron chi connectivity index (χ0n) is 17.8. The van der Waals surface area contributed by atoms with Gasteiger partial charge in [0.05, 0.1) is 11.6 Å². The van der Waals surface area contributed by atoms with E-state index in [2.05, 4.69) is 85.8 Å². The molecule has 1 aromatic heterocycles. The van der Waals surface area contributed by atoms with E-state index >= 15 is 0 Å². The third-order valence-corrected chi connectivity index (χ3v) is 7.50. The van der Waals surface area contributed by atoms with Crippen LogP contribution in [0.25, 0.3) is 31.3 Å². The molecular weight excluding hydrogens is 396 g/mol. The first-order chi connectivity index (χ1) is 14.9. The molecule has 1 heterocycles. The molecule has 2 unspecified atom stereocenters. The van der Waals surface area contributed by atoms with E-state index in [1.165, 1.54) is 31.3 Å². The average Bonchev–Trinajstić information content (AvgIpc) is 3.17. The number of hydrogen-bond donors (Lipinski definition) is 2. The summed E-state index contributed by atoms with van der Waals surface area (Å²) >= 11 is 1.84. The number of rotatable bonds is 4. The molecule has 0 saturated carbocycles. The van der Waals surface area contributed by atoms with Crippen LogP contribution in [0.4, 0.5) is 0 Å². The number of thiophene rings is 1. The molecule has 2 atom stereocenters. The summed E-state index contributed by atoms with van der Waals surface area (Å²) in [7, 11) is 0. The predicted molar refractivity (Wildman–Crippen MR) is 134 cm³/mol. The van der Waals surface area contributed by atoms with Crippen LogP contribution in [0.1, 0.15) is 29.7 Å². The zero-order chi connectivity index (χ0) is 21.6. The molecule has 4 N–H and O–H groups in total. The van der Waals surface area contributed by atoms with Crippen LogP contribution in [0.15, 0.2) is 91.0 Å². The Balaban J connectivity index is 1.48. The second kappa shape index (κ2) is 7.61. The normalized spacial score (nSPS) is 14.6. The van der Waals surface area contributed by atoms with Gasteiger partial charge in [-0.05, 0) is 59.9 Å². The minimum absolute atomic E-state index is 0.300. The van der Waals surface area contributed by atoms with Crippen molar-refractivity contribution in [1.82, 2.24) is 0 Å². The van der Waals surface area contributed by atoms with Crippen molar-refractivity contribution in [3.8, 4) is 11.1 Å². The summed E-state index contributed by atoms with van der Waals surface area (Å²) in [4.78, 5) is 0. The smallest absolute Gasteiger partial charge is 0.0579 e. The molecule has 0 amide bonds. The lowest BCUT2D eigenvalue weighted by Crippen LogP contribution is -2.44. The number of benzene rings is 4. The van der Waals surface area contributed by atoms with Crippen LogP contribution in [0, 0.1) is 6.92 Å². The fraction of sp³-hybridized carbons (Fsp3) is 0.143. The van der Waals surface area contributed by atoms with Crippen molar-refractivity contribution in [3.63, 3.8) is 0 Å². The molecule has 154 valence electrons. The molecule has 0 aliphatic rings. The van der Waals surface area contributed by atoms with Crippen LogP contribution in [-0.2, 0) is 5.54 Å². The van der Waals surface area contributed by atoms with E-state index in [1.54, 1.807) is 0 Å². The highest BCUT2D eigenvalue weighted by atomic mass is 32.1. The van der Waals surface area contributed by atoms with Crippen molar-refractivity contribution in [1.29, 1.82) is 0 Å². The molecule has 0 saturated heterocycles. The number of fused-ring (bicyclic) bond motifs is 3. The second-order valence-corrected chi connectivity index (χ2v) is 9.59. The fourth-order valence-electron chi connectivity index (χ4n) is 4.48. The molecule has 4 aromatic carbocycles. The molecule has 0 aliphatic heterocycles. The SMILES string of the molecule is Cc1ccccc1C(C)(N)C(N)c1ccc(-c2ccc3sc4ccccc4c3c2)cc1. The molecule has 5 rings (SSSR count). The van der Waals surface area contributed by atoms with Gasteiger partial charge in [-0.2, -0.15) is 0 Å². The van der Waals surface area contributed by atoms with Crippen LogP contribution in [0.5, 0.6) is 0 Å². The summed E-state index contributed by atoms with van der Waals surface area (Å²) in [6.07, 6.45) is 0. The Morgan fingerprint density at radius 2 is 1.39 bits per heavy atom. The molecule has 3 heteroatoms. The molecule has 5 aromatic rings. The highest BCUT2D eigenvalue weighted by Crippen LogP contribution is 2.37. The Morgan fingerprint density at radius 1 is 0.742 bits per heavy atom. The topological polar surface area (TPSA) is 52.0 Å². The van der Waals surface area contributed by atoms with Gasteiger partial charge in [-0.3, -0.25) is 0 Å². The van der Waals surface area contributed by atoms with Gasteiger partial charge in [-0.25, -0.2) is 0 Å². The van der Waals surface area contributed by atoms with E-state index in [-0.39, 0.29) is 6.04 Å². The highest BCUT2D eigenvalue weighted by molar-refractivity contribution is 7.25. The highest BCUT2D eigenvalue weighted by Gasteiger charge is 2.31. The van der Waals surface area contributed by atoms with Gasteiger partial charge in [0.2, 0.25) is 0 Å². The lowest BCUT2D eigenvalue weighted by atomic mass is 9.80. The van der Waals surface area contributed by atoms with Gasteiger partial charge in [-0.15, -0.1) is 11.3 Å². The van der Waals surface area contributed by atoms with Gasteiger partial charge in [0.25, 0.3) is 0 Å². The first-order valence-corrected chi connectivity index (χ1v) is 11.4. The van der Waals surface area contributed by atoms with Crippen LogP contribution in [0.2, 0.25) is 0 Å². The average molecular weight is 423 g/mol. The molecule has 0 aliphatic carbocycles. The van der Waals surface area contributed by atoms with Crippen LogP contribution < -0.4 is 11.5 Å². The standard InChI is InChI=1S/C28H26N2S/c1-18-7-3-5-9-24(18)28(2,30)27(29)20-13-11-19(12-14-20)21-15-16-26-23(17-21)22-8-4-6-10-25(22)31-26/h3-17,27H,29-30H2,1-2H3. The van der Waals surface area contributed by atoms with Crippen LogP contribution in [-0.4, -0.2) is 0 Å². The van der Waals surface area contributed by atoms with E-state index in [1.807, 2.05) is 30.4 Å². The summed E-state index contributed by atoms with van der Waals surface area (Å²) in [5.41, 5.74) is 18.4. The maximum Gasteiger partial charge on any atom is 0.0579 e. The van der Waals surface area contributed by atoms with Crippen molar-refractivity contribution >= 4 is 31.5 Å². The largest absolute Gasteiger partial charge is 0.322 e. The quantitative estimate of drug-likeness (QED) is 0.331. The zero-order valence-corrected chi connectivity index (χ0v) is 18.6. The van der Waals surface area contributed by atoms with Crippen molar-refractivity contribution < 1.29 is 0 Å². The van der Waals surface area contributed by atoms with Gasteiger partial charge in [0, 0.05) is 20.2 Å². The van der Waals surface area contributed by atoms with Crippen LogP contribution in [0.3, 0.4) is 0 Å². The molecule has 0 fully saturated rings. The van der Waals surface area contributed by atoms with Crippen molar-refractivity contribution in [2.45, 2.75) is 25.4 Å². The maximum absolute atomic E-state index is 6.74. The van der Waals surface area contributed by atoms with Crippen LogP contribution >= 0.6 is 11.3 Å². The molecule has 0 spiro atoms. The van der Waals surface area contributed by atoms with Crippen molar-refractivity contribution in [2.24, 2.45) is 11.5 Å². The Hall–Kier alpha value is -2.98. The van der Waals surface area contributed by atoms with Crippen molar-refractivity contribution in [2.75, 3.05) is 0 Å². The fourth-order valence-corrected chi connectivity index (χ4v) is 5.57. The molecule has 31 heavy (non-hydrogen) atoms. The predicted octanol–water partition coefficient (Wildman–Crippen LogP) is 6.90. The number of hydrogen-bond acceptors (Lipinski definition) is 3. The molecular formula is C28H26N2S. The number of nitrogens with two attached hydrogens (primary N) is 2. The Labute approximate surface area is 187 Å². The molecule has 2 nitrogen and oxygen atoms in total. The van der Waals surface area contributed by atoms with E-state index in [0.717, 1.165) is 16.7 Å². The van der Waals surface area contributed by atoms with Gasteiger partial charge in [0.15, 0.2) is 0 Å². The van der Waals surface area contributed by atoms with Gasteiger partial charge >= 0.3 is 0 Å². The van der Waals surface area contributed by atoms with Crippen molar-refractivity contribution in [3.05, 3.63) is 108 Å². The van der Waals surface area contributed by atoms with E-state index in [9.17, 15) is 0 Å². The first-order valence-electron chi connectivity index (χ1n) is 10.6. The lowest BCUT2D eigenvalue weighted by molar-refractivity contribution is 0.395. The Bertz CT molecular complexity index is 1380. The summed E-state index contributed by atoms with van der Waals surface area (Å²) in [5, 5.41) is 2.63. The van der Waals surface area contributed by atoms with Gasteiger partial charge < -0.3 is 11.5 Å². The van der Waals surface area contributed by atoms with Gasteiger partial charge in [-0.1, -0.05) is 72.8 Å². The van der Waals surface area contributed by atoms with E-state index in [0.29, 0.717) is 0 Å². The summed E-state index contributed by atoms with van der Waals surface area (Å²) in [6, 6.07) is 31.8. The molecule has 0 bridgehead atoms. The minimum Gasteiger partial charge on any atom is -0.322 e. The second-order valence-electron chi connectivity index (χ2n) is 8.51. The lowest BCUT2D eigenvalue weighted by Gasteiger charge is -2.33. The third kappa shape index (κ3) is 3.45. The van der Waals surface area contributed by atoms with E-state index < -0.39 is 5.54 Å². The summed E-state index contributed by atoms with van der Waals surface area (Å²) < 4.78 is 2.65. The van der Waals surface area contributed by atoms with Gasteiger partial charge in [0.1, 0.15) is 0 Å². The minimum atomic E-state index is -0.651. The first kappa shape index (κ1) is 20.0. The third-order valence-electron chi connectivity index (χ3n) is 6.35. The summed E-state index contributed by atoms with van der Waals surface area (Å²) in [6.45, 7) is 4.10. The summed E-state index contributed by atoms with van der Waals surface area (Å²) in [5.74, 6) is 0. The monoisotopic (exact) mass is 422 g/mol. The Morgan fingerprint density at radius 3 is 2.16 bits per heavy atom. The maximum atomic E-state index is 6.74. The molecule has 0 radical (unpaired) electrons. The number of aryl methyl sites for hydroxylation is 1. The van der Waals surface area contributed by atoms with E-state index in [4.69, 9.17) is 11.5 Å². The Kier molecular flexibility index (Phi) is 4.90.